The molecule has 1 aromatic carbocycles. The maximum absolute atomic E-state index is 13.7. The molecule has 9 nitrogen and oxygen atoms in total. The fourth-order valence-corrected chi connectivity index (χ4v) is 4.22. The van der Waals surface area contributed by atoms with Crippen LogP contribution in [0.15, 0.2) is 46.6 Å². The van der Waals surface area contributed by atoms with Crippen LogP contribution in [0.5, 0.6) is 5.75 Å². The lowest BCUT2D eigenvalue weighted by atomic mass is 9.68. The van der Waals surface area contributed by atoms with Gasteiger partial charge in [0.2, 0.25) is 11.8 Å². The van der Waals surface area contributed by atoms with Crippen molar-refractivity contribution in [1.82, 2.24) is 4.57 Å². The molecule has 1 amide bonds. The van der Waals surface area contributed by atoms with Gasteiger partial charge in [0.25, 0.3) is 5.56 Å². The number of aryl methyl sites for hydroxylation is 1. The van der Waals surface area contributed by atoms with Crippen molar-refractivity contribution in [1.29, 1.82) is 0 Å². The summed E-state index contributed by atoms with van der Waals surface area (Å²) < 4.78 is 17.2. The van der Waals surface area contributed by atoms with Gasteiger partial charge < -0.3 is 29.8 Å². The number of fused-ring (bicyclic) bond motifs is 4. The number of rotatable bonds is 4. The van der Waals surface area contributed by atoms with E-state index in [1.165, 1.54) is 18.8 Å². The Hall–Kier alpha value is -3.59. The lowest BCUT2D eigenvalue weighted by Crippen LogP contribution is -2.50. The van der Waals surface area contributed by atoms with Crippen LogP contribution in [0.25, 0.3) is 0 Å². The molecule has 1 spiro atoms. The zero-order valence-corrected chi connectivity index (χ0v) is 16.8. The molecule has 0 aliphatic carbocycles. The zero-order valence-electron chi connectivity index (χ0n) is 16.8. The predicted octanol–water partition coefficient (Wildman–Crippen LogP) is 0.777. The summed E-state index contributed by atoms with van der Waals surface area (Å²) in [5.74, 6) is -1.58. The predicted molar refractivity (Wildman–Crippen MR) is 107 cm³/mol. The maximum Gasteiger partial charge on any atom is 0.340 e. The second kappa shape index (κ2) is 7.03. The van der Waals surface area contributed by atoms with E-state index in [-0.39, 0.29) is 35.9 Å². The fraction of sp³-hybridized carbons (Fsp3) is 0.286. The molecule has 2 aromatic rings. The minimum atomic E-state index is -1.79. The number of amides is 1. The van der Waals surface area contributed by atoms with Crippen LogP contribution in [-0.2, 0) is 31.0 Å². The average molecular weight is 411 g/mol. The molecule has 2 aliphatic rings. The number of hydrogen-bond donors (Lipinski definition) is 2. The van der Waals surface area contributed by atoms with Gasteiger partial charge in [-0.1, -0.05) is 18.2 Å². The van der Waals surface area contributed by atoms with Crippen molar-refractivity contribution in [2.24, 2.45) is 5.73 Å². The number of pyridine rings is 1. The summed E-state index contributed by atoms with van der Waals surface area (Å²) in [5, 5.41) is 2.77. The molecule has 156 valence electrons. The van der Waals surface area contributed by atoms with Gasteiger partial charge in [0.1, 0.15) is 16.7 Å². The highest BCUT2D eigenvalue weighted by Gasteiger charge is 2.60. The molecule has 2 aliphatic heterocycles. The van der Waals surface area contributed by atoms with Crippen LogP contribution >= 0.6 is 0 Å². The first-order valence-corrected chi connectivity index (χ1v) is 9.29. The molecular weight excluding hydrogens is 390 g/mol. The first-order chi connectivity index (χ1) is 14.4. The number of carbonyl (C=O) groups excluding carboxylic acids is 2. The molecule has 1 atom stereocenters. The Balaban J connectivity index is 2.14. The Kier molecular flexibility index (Phi) is 4.62. The van der Waals surface area contributed by atoms with E-state index in [2.05, 4.69) is 5.32 Å². The van der Waals surface area contributed by atoms with Crippen LogP contribution in [0.4, 0.5) is 5.69 Å². The third-order valence-corrected chi connectivity index (χ3v) is 5.52. The van der Waals surface area contributed by atoms with Gasteiger partial charge in [-0.25, -0.2) is 4.79 Å². The van der Waals surface area contributed by atoms with E-state index in [1.807, 2.05) is 0 Å². The fourth-order valence-electron chi connectivity index (χ4n) is 4.22. The smallest absolute Gasteiger partial charge is 0.340 e. The third-order valence-electron chi connectivity index (χ3n) is 5.52. The van der Waals surface area contributed by atoms with Gasteiger partial charge in [-0.2, -0.15) is 0 Å². The Labute approximate surface area is 172 Å². The van der Waals surface area contributed by atoms with Gasteiger partial charge in [0.15, 0.2) is 0 Å². The largest absolute Gasteiger partial charge is 0.465 e. The van der Waals surface area contributed by atoms with E-state index in [0.717, 1.165) is 0 Å². The number of para-hydroxylation sites is 1. The van der Waals surface area contributed by atoms with Crippen molar-refractivity contribution in [3.8, 4) is 5.75 Å². The number of hydrogen-bond acceptors (Lipinski definition) is 7. The van der Waals surface area contributed by atoms with Crippen molar-refractivity contribution >= 4 is 17.6 Å². The molecule has 0 fully saturated rings. The third kappa shape index (κ3) is 2.48. The Bertz CT molecular complexity index is 1170. The van der Waals surface area contributed by atoms with Crippen LogP contribution in [0, 0.1) is 6.92 Å². The second-order valence-electron chi connectivity index (χ2n) is 7.06. The summed E-state index contributed by atoms with van der Waals surface area (Å²) in [6, 6.07) is 8.47. The molecular formula is C21H21N3O6. The lowest BCUT2D eigenvalue weighted by Gasteiger charge is -2.35. The summed E-state index contributed by atoms with van der Waals surface area (Å²) in [7, 11) is 2.71. The number of esters is 1. The monoisotopic (exact) mass is 411 g/mol. The number of nitrogens with zero attached hydrogens (tertiary/aromatic N) is 1. The Morgan fingerprint density at radius 1 is 1.27 bits per heavy atom. The number of ether oxygens (including phenoxy) is 3. The summed E-state index contributed by atoms with van der Waals surface area (Å²) in [6.07, 6.45) is 0. The number of nitrogens with one attached hydrogen (secondary N) is 1. The highest BCUT2D eigenvalue weighted by molar-refractivity contribution is 6.17. The van der Waals surface area contributed by atoms with Gasteiger partial charge >= 0.3 is 5.97 Å². The molecule has 30 heavy (non-hydrogen) atoms. The molecule has 0 saturated heterocycles. The number of carbonyl (C=O) groups is 2. The van der Waals surface area contributed by atoms with Crippen LogP contribution in [-0.4, -0.2) is 37.3 Å². The van der Waals surface area contributed by atoms with Crippen molar-refractivity contribution < 1.29 is 23.8 Å². The number of nitrogens with two attached hydrogens (primary N) is 1. The number of benzene rings is 1. The number of anilines is 1. The zero-order chi connectivity index (χ0) is 21.6. The van der Waals surface area contributed by atoms with Gasteiger partial charge in [-0.3, -0.25) is 9.59 Å². The van der Waals surface area contributed by atoms with Crippen molar-refractivity contribution in [2.45, 2.75) is 18.9 Å². The SMILES string of the molecule is COCCn1c(C)cc2c(c1=O)[C@@]1(C(=O)Nc3ccccc31)C(C(=O)OC)=C(N)O2. The van der Waals surface area contributed by atoms with Crippen LogP contribution in [0.1, 0.15) is 16.8 Å². The van der Waals surface area contributed by atoms with E-state index in [0.29, 0.717) is 16.9 Å². The van der Waals surface area contributed by atoms with E-state index in [1.54, 1.807) is 37.3 Å². The van der Waals surface area contributed by atoms with Crippen molar-refractivity contribution in [3.05, 3.63) is 69.0 Å². The highest BCUT2D eigenvalue weighted by Crippen LogP contribution is 2.52. The van der Waals surface area contributed by atoms with Crippen molar-refractivity contribution in [2.75, 3.05) is 26.1 Å². The molecule has 3 N–H and O–H groups in total. The topological polar surface area (TPSA) is 122 Å². The highest BCUT2D eigenvalue weighted by atomic mass is 16.5. The van der Waals surface area contributed by atoms with E-state index >= 15 is 0 Å². The van der Waals surface area contributed by atoms with E-state index in [4.69, 9.17) is 19.9 Å². The standard InChI is InChI=1S/C21H21N3O6/c1-11-10-14-15(18(25)24(11)8-9-28-2)21(16(17(22)30-14)19(26)29-3)12-6-4-5-7-13(12)23-20(21)27/h4-7,10H,8-9,22H2,1-3H3,(H,23,27)/t21-/m1/s1. The van der Waals surface area contributed by atoms with E-state index in [9.17, 15) is 14.4 Å². The van der Waals surface area contributed by atoms with Gasteiger partial charge in [-0.15, -0.1) is 0 Å². The van der Waals surface area contributed by atoms with Gasteiger partial charge in [0, 0.05) is 36.7 Å². The molecule has 0 unspecified atom stereocenters. The summed E-state index contributed by atoms with van der Waals surface area (Å²) in [5.41, 5.74) is 5.16. The summed E-state index contributed by atoms with van der Waals surface area (Å²) in [4.78, 5) is 39.9. The van der Waals surface area contributed by atoms with Crippen LogP contribution < -0.4 is 21.3 Å². The minimum absolute atomic E-state index is 0.0150. The number of methoxy groups -OCH3 is 2. The normalized spacial score (nSPS) is 19.2. The van der Waals surface area contributed by atoms with Crippen molar-refractivity contribution in [3.63, 3.8) is 0 Å². The Morgan fingerprint density at radius 2 is 2.00 bits per heavy atom. The lowest BCUT2D eigenvalue weighted by molar-refractivity contribution is -0.138. The minimum Gasteiger partial charge on any atom is -0.465 e. The summed E-state index contributed by atoms with van der Waals surface area (Å²) in [6.45, 7) is 2.30. The molecule has 0 radical (unpaired) electrons. The number of aromatic nitrogens is 1. The van der Waals surface area contributed by atoms with Gasteiger partial charge in [-0.05, 0) is 13.0 Å². The summed E-state index contributed by atoms with van der Waals surface area (Å²) >= 11 is 0. The van der Waals surface area contributed by atoms with E-state index < -0.39 is 22.9 Å². The Morgan fingerprint density at radius 3 is 2.70 bits per heavy atom. The maximum atomic E-state index is 13.7. The first-order valence-electron chi connectivity index (χ1n) is 9.29. The first kappa shape index (κ1) is 19.7. The molecule has 4 rings (SSSR count). The second-order valence-corrected chi connectivity index (χ2v) is 7.06. The average Bonchev–Trinajstić information content (AvgIpc) is 2.99. The van der Waals surface area contributed by atoms with Crippen LogP contribution in [0.2, 0.25) is 0 Å². The molecule has 0 bridgehead atoms. The quantitative estimate of drug-likeness (QED) is 0.713. The molecule has 0 saturated carbocycles. The van der Waals surface area contributed by atoms with Gasteiger partial charge in [0.05, 0.1) is 19.3 Å². The molecule has 1 aromatic heterocycles. The van der Waals surface area contributed by atoms with Crippen LogP contribution in [0.3, 0.4) is 0 Å². The molecule has 9 heteroatoms. The molecule has 3 heterocycles.